The number of rotatable bonds is 6. The molecule has 0 saturated heterocycles. The molecule has 0 amide bonds. The smallest absolute Gasteiger partial charge is 0.119 e. The van der Waals surface area contributed by atoms with Crippen molar-refractivity contribution < 1.29 is 4.74 Å². The predicted octanol–water partition coefficient (Wildman–Crippen LogP) is 5.05. The van der Waals surface area contributed by atoms with E-state index < -0.39 is 0 Å². The van der Waals surface area contributed by atoms with E-state index in [-0.39, 0.29) is 0 Å². The molecular weight excluding hydrogens is 293 g/mol. The van der Waals surface area contributed by atoms with E-state index in [1.54, 1.807) is 0 Å². The fourth-order valence-electron chi connectivity index (χ4n) is 1.87. The van der Waals surface area contributed by atoms with Gasteiger partial charge in [-0.2, -0.15) is 0 Å². The Balaban J connectivity index is 1.81. The van der Waals surface area contributed by atoms with E-state index in [1.807, 2.05) is 42.5 Å². The minimum Gasteiger partial charge on any atom is -0.492 e. The van der Waals surface area contributed by atoms with Crippen LogP contribution in [0.3, 0.4) is 0 Å². The van der Waals surface area contributed by atoms with Crippen LogP contribution in [-0.2, 0) is 6.42 Å². The van der Waals surface area contributed by atoms with Crippen molar-refractivity contribution in [3.63, 3.8) is 0 Å². The molecule has 2 rings (SSSR count). The molecule has 2 nitrogen and oxygen atoms in total. The standard InChI is InChI=1S/C16H17Cl2NO/c1-2-12-10-15(6-7-16(12)18)20-9-8-19-14-5-3-4-13(17)11-14/h3-7,10-11,19H,2,8-9H2,1H3. The van der Waals surface area contributed by atoms with Crippen LogP contribution < -0.4 is 10.1 Å². The molecule has 2 aromatic carbocycles. The van der Waals surface area contributed by atoms with Crippen LogP contribution in [0.5, 0.6) is 5.75 Å². The van der Waals surface area contributed by atoms with Crippen molar-refractivity contribution in [2.75, 3.05) is 18.5 Å². The molecule has 0 atom stereocenters. The van der Waals surface area contributed by atoms with Crippen LogP contribution in [0.1, 0.15) is 12.5 Å². The van der Waals surface area contributed by atoms with Gasteiger partial charge in [-0.15, -0.1) is 0 Å². The van der Waals surface area contributed by atoms with E-state index in [9.17, 15) is 0 Å². The molecule has 4 heteroatoms. The van der Waals surface area contributed by atoms with Crippen LogP contribution in [0, 0.1) is 0 Å². The Kier molecular flexibility index (Phi) is 5.57. The van der Waals surface area contributed by atoms with E-state index in [2.05, 4.69) is 12.2 Å². The Morgan fingerprint density at radius 1 is 1.10 bits per heavy atom. The Morgan fingerprint density at radius 3 is 2.70 bits per heavy atom. The van der Waals surface area contributed by atoms with Crippen molar-refractivity contribution in [1.82, 2.24) is 0 Å². The Morgan fingerprint density at radius 2 is 1.95 bits per heavy atom. The third-order valence-electron chi connectivity index (χ3n) is 2.92. The summed E-state index contributed by atoms with van der Waals surface area (Å²) in [6, 6.07) is 13.4. The summed E-state index contributed by atoms with van der Waals surface area (Å²) in [7, 11) is 0. The molecule has 0 radical (unpaired) electrons. The van der Waals surface area contributed by atoms with Crippen molar-refractivity contribution in [1.29, 1.82) is 0 Å². The van der Waals surface area contributed by atoms with Crippen molar-refractivity contribution in [3.8, 4) is 5.75 Å². The second-order valence-corrected chi connectivity index (χ2v) is 5.24. The third-order valence-corrected chi connectivity index (χ3v) is 3.53. The van der Waals surface area contributed by atoms with Gasteiger partial charge in [-0.05, 0) is 48.4 Å². The van der Waals surface area contributed by atoms with Gasteiger partial charge in [-0.1, -0.05) is 36.2 Å². The molecule has 2 aromatic rings. The van der Waals surface area contributed by atoms with E-state index in [1.165, 1.54) is 0 Å². The van der Waals surface area contributed by atoms with E-state index in [4.69, 9.17) is 27.9 Å². The van der Waals surface area contributed by atoms with Gasteiger partial charge in [0.2, 0.25) is 0 Å². The summed E-state index contributed by atoms with van der Waals surface area (Å²) in [4.78, 5) is 0. The second kappa shape index (κ2) is 7.41. The highest BCUT2D eigenvalue weighted by Crippen LogP contribution is 2.22. The SMILES string of the molecule is CCc1cc(OCCNc2cccc(Cl)c2)ccc1Cl. The van der Waals surface area contributed by atoms with E-state index in [0.717, 1.165) is 33.5 Å². The Hall–Kier alpha value is -1.38. The monoisotopic (exact) mass is 309 g/mol. The summed E-state index contributed by atoms with van der Waals surface area (Å²) < 4.78 is 5.70. The number of aryl methyl sites for hydroxylation is 1. The molecule has 0 fully saturated rings. The van der Waals surface area contributed by atoms with Gasteiger partial charge in [0.25, 0.3) is 0 Å². The molecule has 0 unspecified atom stereocenters. The molecule has 0 heterocycles. The minimum absolute atomic E-state index is 0.581. The molecule has 0 aliphatic heterocycles. The van der Waals surface area contributed by atoms with Gasteiger partial charge in [0, 0.05) is 22.3 Å². The lowest BCUT2D eigenvalue weighted by molar-refractivity contribution is 0.332. The average molecular weight is 310 g/mol. The molecule has 0 bridgehead atoms. The summed E-state index contributed by atoms with van der Waals surface area (Å²) >= 11 is 12.0. The van der Waals surface area contributed by atoms with Gasteiger partial charge in [0.05, 0.1) is 0 Å². The number of nitrogens with one attached hydrogen (secondary N) is 1. The molecule has 20 heavy (non-hydrogen) atoms. The number of hydrogen-bond donors (Lipinski definition) is 1. The highest BCUT2D eigenvalue weighted by Gasteiger charge is 2.01. The molecule has 106 valence electrons. The van der Waals surface area contributed by atoms with Gasteiger partial charge >= 0.3 is 0 Å². The van der Waals surface area contributed by atoms with Crippen LogP contribution in [0.15, 0.2) is 42.5 Å². The summed E-state index contributed by atoms with van der Waals surface area (Å²) in [6.45, 7) is 3.37. The maximum Gasteiger partial charge on any atom is 0.119 e. The lowest BCUT2D eigenvalue weighted by atomic mass is 10.1. The maximum absolute atomic E-state index is 6.07. The van der Waals surface area contributed by atoms with Gasteiger partial charge in [-0.3, -0.25) is 0 Å². The first-order valence-electron chi connectivity index (χ1n) is 6.59. The van der Waals surface area contributed by atoms with Crippen LogP contribution in [0.4, 0.5) is 5.69 Å². The molecule has 0 saturated carbocycles. The van der Waals surface area contributed by atoms with Gasteiger partial charge in [0.1, 0.15) is 12.4 Å². The summed E-state index contributed by atoms with van der Waals surface area (Å²) in [5.41, 5.74) is 2.10. The summed E-state index contributed by atoms with van der Waals surface area (Å²) in [5.74, 6) is 0.846. The average Bonchev–Trinajstić information content (AvgIpc) is 2.45. The number of ether oxygens (including phenoxy) is 1. The molecular formula is C16H17Cl2NO. The number of halogens is 2. The summed E-state index contributed by atoms with van der Waals surface area (Å²) in [5, 5.41) is 4.77. The van der Waals surface area contributed by atoms with Crippen molar-refractivity contribution in [2.24, 2.45) is 0 Å². The zero-order valence-electron chi connectivity index (χ0n) is 11.3. The number of hydrogen-bond acceptors (Lipinski definition) is 2. The zero-order chi connectivity index (χ0) is 14.4. The largest absolute Gasteiger partial charge is 0.492 e. The first-order chi connectivity index (χ1) is 9.69. The molecule has 0 aromatic heterocycles. The van der Waals surface area contributed by atoms with Crippen LogP contribution in [0.2, 0.25) is 10.0 Å². The third kappa shape index (κ3) is 4.32. The lowest BCUT2D eigenvalue weighted by Crippen LogP contribution is -2.11. The van der Waals surface area contributed by atoms with E-state index in [0.29, 0.717) is 13.2 Å². The molecule has 1 N–H and O–H groups in total. The van der Waals surface area contributed by atoms with Gasteiger partial charge in [-0.25, -0.2) is 0 Å². The topological polar surface area (TPSA) is 21.3 Å². The quantitative estimate of drug-likeness (QED) is 0.754. The predicted molar refractivity (Wildman–Crippen MR) is 86.3 cm³/mol. The van der Waals surface area contributed by atoms with Crippen LogP contribution in [0.25, 0.3) is 0 Å². The first kappa shape index (κ1) is 15.0. The minimum atomic E-state index is 0.581. The highest BCUT2D eigenvalue weighted by molar-refractivity contribution is 6.31. The van der Waals surface area contributed by atoms with Crippen molar-refractivity contribution in [3.05, 3.63) is 58.1 Å². The first-order valence-corrected chi connectivity index (χ1v) is 7.35. The Bertz CT molecular complexity index is 572. The maximum atomic E-state index is 6.07. The fourth-order valence-corrected chi connectivity index (χ4v) is 2.32. The highest BCUT2D eigenvalue weighted by atomic mass is 35.5. The zero-order valence-corrected chi connectivity index (χ0v) is 12.8. The fraction of sp³-hybridized carbons (Fsp3) is 0.250. The van der Waals surface area contributed by atoms with Crippen LogP contribution >= 0.6 is 23.2 Å². The number of anilines is 1. The molecule has 0 aliphatic carbocycles. The second-order valence-electron chi connectivity index (χ2n) is 4.39. The molecule has 0 spiro atoms. The Labute approximate surface area is 129 Å². The number of benzene rings is 2. The van der Waals surface area contributed by atoms with Gasteiger partial charge in [0.15, 0.2) is 0 Å². The van der Waals surface area contributed by atoms with Crippen LogP contribution in [-0.4, -0.2) is 13.2 Å². The van der Waals surface area contributed by atoms with E-state index >= 15 is 0 Å². The van der Waals surface area contributed by atoms with Crippen molar-refractivity contribution in [2.45, 2.75) is 13.3 Å². The van der Waals surface area contributed by atoms with Gasteiger partial charge < -0.3 is 10.1 Å². The molecule has 0 aliphatic rings. The normalized spacial score (nSPS) is 10.3. The van der Waals surface area contributed by atoms with Crippen molar-refractivity contribution >= 4 is 28.9 Å². The summed E-state index contributed by atoms with van der Waals surface area (Å²) in [6.07, 6.45) is 0.900. The lowest BCUT2D eigenvalue weighted by Gasteiger charge is -2.10.